The molecule has 0 N–H and O–H groups in total. The fourth-order valence-electron chi connectivity index (χ4n) is 8.78. The van der Waals surface area contributed by atoms with Gasteiger partial charge in [-0.25, -0.2) is 0 Å². The van der Waals surface area contributed by atoms with Crippen LogP contribution >= 0.6 is 0 Å². The molecule has 0 amide bonds. The maximum absolute atomic E-state index is 6.43. The molecule has 2 heterocycles. The highest BCUT2D eigenvalue weighted by Crippen LogP contribution is 2.58. The van der Waals surface area contributed by atoms with E-state index in [1.165, 1.54) is 55.9 Å². The summed E-state index contributed by atoms with van der Waals surface area (Å²) in [5.74, 6) is 0. The molecule has 50 heavy (non-hydrogen) atoms. The summed E-state index contributed by atoms with van der Waals surface area (Å²) in [6.07, 6.45) is 0. The van der Waals surface area contributed by atoms with Gasteiger partial charge >= 0.3 is 0 Å². The summed E-state index contributed by atoms with van der Waals surface area (Å²) in [4.78, 5) is 2.50. The highest BCUT2D eigenvalue weighted by Gasteiger charge is 2.42. The van der Waals surface area contributed by atoms with Crippen molar-refractivity contribution >= 4 is 39.0 Å². The second-order valence-electron chi connectivity index (χ2n) is 15.0. The minimum Gasteiger partial charge on any atom is -0.455 e. The van der Waals surface area contributed by atoms with Gasteiger partial charge in [-0.15, -0.1) is 0 Å². The first-order chi connectivity index (χ1) is 24.3. The molecule has 1 aromatic heterocycles. The van der Waals surface area contributed by atoms with Crippen molar-refractivity contribution in [1.82, 2.24) is 0 Å². The minimum atomic E-state index is -0.223. The van der Waals surface area contributed by atoms with Gasteiger partial charge in [0.2, 0.25) is 0 Å². The fraction of sp³-hybridized carbons (Fsp3) is 0.125. The van der Waals surface area contributed by atoms with Crippen LogP contribution in [-0.2, 0) is 10.8 Å². The van der Waals surface area contributed by atoms with Crippen LogP contribution in [0.5, 0.6) is 0 Å². The molecule has 0 fully saturated rings. The van der Waals surface area contributed by atoms with Gasteiger partial charge in [-0.3, -0.25) is 0 Å². The Balaban J connectivity index is 1.17. The molecule has 2 heteroatoms. The largest absolute Gasteiger partial charge is 0.455 e. The van der Waals surface area contributed by atoms with Crippen molar-refractivity contribution in [1.29, 1.82) is 0 Å². The standard InChI is InChI=1S/C48H37NO/c1-47(2)39-19-10-8-15-35(39)38-28-42-44(29-40(38)47)49(43-26-23-32(27-41(43)48(42,3)4)30-13-6-5-7-14-30)33-24-21-31(22-25-33)34-17-12-18-37-36-16-9-11-20-45(36)50-46(34)37/h5-29H,1-4H3. The first kappa shape index (κ1) is 29.1. The zero-order valence-electron chi connectivity index (χ0n) is 28.8. The van der Waals surface area contributed by atoms with Gasteiger partial charge in [0.1, 0.15) is 11.2 Å². The van der Waals surface area contributed by atoms with Crippen LogP contribution in [0.3, 0.4) is 0 Å². The van der Waals surface area contributed by atoms with Crippen LogP contribution in [0.15, 0.2) is 156 Å². The van der Waals surface area contributed by atoms with Gasteiger partial charge in [-0.1, -0.05) is 137 Å². The van der Waals surface area contributed by atoms with Gasteiger partial charge < -0.3 is 9.32 Å². The molecule has 7 aromatic carbocycles. The SMILES string of the molecule is CC1(C)c2ccccc2-c2cc3c(cc21)N(c1ccc(-c2cccc4c2oc2ccccc24)cc1)c1ccc(-c2ccccc2)cc1C3(C)C. The highest BCUT2D eigenvalue weighted by molar-refractivity contribution is 6.09. The summed E-state index contributed by atoms with van der Waals surface area (Å²) in [5.41, 5.74) is 18.0. The molecule has 0 radical (unpaired) electrons. The van der Waals surface area contributed by atoms with Crippen molar-refractivity contribution < 1.29 is 4.42 Å². The molecule has 0 atom stereocenters. The van der Waals surface area contributed by atoms with Crippen LogP contribution in [-0.4, -0.2) is 0 Å². The van der Waals surface area contributed by atoms with E-state index in [1.807, 2.05) is 6.07 Å². The summed E-state index contributed by atoms with van der Waals surface area (Å²) in [7, 11) is 0. The molecular weight excluding hydrogens is 607 g/mol. The maximum Gasteiger partial charge on any atom is 0.143 e. The van der Waals surface area contributed by atoms with Crippen LogP contribution in [0.25, 0.3) is 55.3 Å². The molecule has 0 spiro atoms. The Morgan fingerprint density at radius 3 is 1.92 bits per heavy atom. The number of anilines is 3. The van der Waals surface area contributed by atoms with Gasteiger partial charge in [0.25, 0.3) is 0 Å². The molecule has 2 aliphatic rings. The van der Waals surface area contributed by atoms with E-state index in [-0.39, 0.29) is 10.8 Å². The van der Waals surface area contributed by atoms with E-state index in [1.54, 1.807) is 0 Å². The number of fused-ring (bicyclic) bond motifs is 8. The molecule has 1 aliphatic carbocycles. The second-order valence-corrected chi connectivity index (χ2v) is 15.0. The van der Waals surface area contributed by atoms with Crippen molar-refractivity contribution in [3.05, 3.63) is 174 Å². The third kappa shape index (κ3) is 4.02. The average Bonchev–Trinajstić information content (AvgIpc) is 3.64. The Bertz CT molecular complexity index is 2640. The van der Waals surface area contributed by atoms with Crippen molar-refractivity contribution in [3.8, 4) is 33.4 Å². The molecule has 8 aromatic rings. The number of para-hydroxylation sites is 2. The Kier molecular flexibility index (Phi) is 6.01. The molecule has 0 saturated carbocycles. The quantitative estimate of drug-likeness (QED) is 0.190. The molecule has 0 unspecified atom stereocenters. The zero-order chi connectivity index (χ0) is 33.8. The lowest BCUT2D eigenvalue weighted by Crippen LogP contribution is -2.31. The molecule has 0 bridgehead atoms. The lowest BCUT2D eigenvalue weighted by atomic mass is 9.71. The number of rotatable bonds is 3. The third-order valence-corrected chi connectivity index (χ3v) is 11.5. The molecule has 10 rings (SSSR count). The maximum atomic E-state index is 6.43. The Morgan fingerprint density at radius 1 is 0.420 bits per heavy atom. The number of nitrogens with zero attached hydrogens (tertiary/aromatic N) is 1. The van der Waals surface area contributed by atoms with Crippen LogP contribution in [0.1, 0.15) is 49.9 Å². The lowest BCUT2D eigenvalue weighted by Gasteiger charge is -2.43. The summed E-state index contributed by atoms with van der Waals surface area (Å²) >= 11 is 0. The van der Waals surface area contributed by atoms with E-state index in [0.717, 1.165) is 38.8 Å². The second kappa shape index (κ2) is 10.3. The number of furan rings is 1. The molecule has 0 saturated heterocycles. The van der Waals surface area contributed by atoms with Gasteiger partial charge in [-0.2, -0.15) is 0 Å². The predicted molar refractivity (Wildman–Crippen MR) is 209 cm³/mol. The minimum absolute atomic E-state index is 0.0939. The smallest absolute Gasteiger partial charge is 0.143 e. The van der Waals surface area contributed by atoms with Crippen molar-refractivity contribution in [3.63, 3.8) is 0 Å². The van der Waals surface area contributed by atoms with Gasteiger partial charge in [-0.05, 0) is 92.5 Å². The highest BCUT2D eigenvalue weighted by atomic mass is 16.3. The summed E-state index contributed by atoms with van der Waals surface area (Å²) in [6, 6.07) is 55.5. The number of benzene rings is 7. The number of hydrogen-bond acceptors (Lipinski definition) is 2. The Morgan fingerprint density at radius 2 is 1.08 bits per heavy atom. The molecule has 240 valence electrons. The van der Waals surface area contributed by atoms with E-state index >= 15 is 0 Å². The van der Waals surface area contributed by atoms with Crippen molar-refractivity contribution in [2.24, 2.45) is 0 Å². The van der Waals surface area contributed by atoms with Gasteiger partial charge in [0, 0.05) is 32.9 Å². The van der Waals surface area contributed by atoms with Gasteiger partial charge in [0.05, 0.1) is 11.4 Å². The normalized spacial score (nSPS) is 15.1. The van der Waals surface area contributed by atoms with Crippen molar-refractivity contribution in [2.45, 2.75) is 38.5 Å². The Labute approximate surface area is 293 Å². The van der Waals surface area contributed by atoms with E-state index in [9.17, 15) is 0 Å². The van der Waals surface area contributed by atoms with E-state index in [0.29, 0.717) is 0 Å². The average molecular weight is 644 g/mol. The fourth-order valence-corrected chi connectivity index (χ4v) is 8.78. The number of hydrogen-bond donors (Lipinski definition) is 0. The first-order valence-corrected chi connectivity index (χ1v) is 17.6. The zero-order valence-corrected chi connectivity index (χ0v) is 28.8. The van der Waals surface area contributed by atoms with E-state index in [4.69, 9.17) is 4.42 Å². The predicted octanol–water partition coefficient (Wildman–Crippen LogP) is 13.3. The van der Waals surface area contributed by atoms with E-state index in [2.05, 4.69) is 178 Å². The molecule has 1 aliphatic heterocycles. The molecule has 2 nitrogen and oxygen atoms in total. The molecular formula is C48H37NO. The van der Waals surface area contributed by atoms with Crippen molar-refractivity contribution in [2.75, 3.05) is 4.90 Å². The third-order valence-electron chi connectivity index (χ3n) is 11.5. The Hall–Kier alpha value is -5.86. The monoisotopic (exact) mass is 643 g/mol. The summed E-state index contributed by atoms with van der Waals surface area (Å²) in [6.45, 7) is 9.53. The van der Waals surface area contributed by atoms with Crippen LogP contribution < -0.4 is 4.90 Å². The van der Waals surface area contributed by atoms with Crippen LogP contribution in [0.2, 0.25) is 0 Å². The van der Waals surface area contributed by atoms with Gasteiger partial charge in [0.15, 0.2) is 0 Å². The summed E-state index contributed by atoms with van der Waals surface area (Å²) in [5, 5.41) is 2.30. The van der Waals surface area contributed by atoms with Crippen LogP contribution in [0, 0.1) is 0 Å². The van der Waals surface area contributed by atoms with Crippen LogP contribution in [0.4, 0.5) is 17.1 Å². The lowest BCUT2D eigenvalue weighted by molar-refractivity contribution is 0.627. The first-order valence-electron chi connectivity index (χ1n) is 17.6. The summed E-state index contributed by atoms with van der Waals surface area (Å²) < 4.78 is 6.43. The topological polar surface area (TPSA) is 16.4 Å². The van der Waals surface area contributed by atoms with E-state index < -0.39 is 0 Å².